The average molecular weight is 337 g/mol. The molecule has 0 atom stereocenters. The summed E-state index contributed by atoms with van der Waals surface area (Å²) >= 11 is 8.48. The van der Waals surface area contributed by atoms with Crippen LogP contribution in [0, 0.1) is 0 Å². The standard InChI is InChI=1S/C14H13BrN2OS/c1-17(10-3-5-11(18)6-4-10)13-7-2-9(14(16)19)8-12(13)15/h2-8,18H,1H3,(H2,16,19). The van der Waals surface area contributed by atoms with Crippen molar-refractivity contribution in [3.8, 4) is 5.75 Å². The first-order valence-corrected chi connectivity index (χ1v) is 6.81. The van der Waals surface area contributed by atoms with Crippen molar-refractivity contribution in [2.75, 3.05) is 11.9 Å². The van der Waals surface area contributed by atoms with E-state index < -0.39 is 0 Å². The summed E-state index contributed by atoms with van der Waals surface area (Å²) in [4.78, 5) is 2.38. The number of phenolic OH excluding ortho intramolecular Hbond substituents is 1. The van der Waals surface area contributed by atoms with Gasteiger partial charge in [-0.1, -0.05) is 12.2 Å². The lowest BCUT2D eigenvalue weighted by molar-refractivity contribution is 0.475. The third kappa shape index (κ3) is 3.05. The van der Waals surface area contributed by atoms with Gasteiger partial charge < -0.3 is 15.7 Å². The molecular formula is C14H13BrN2OS. The minimum absolute atomic E-state index is 0.250. The number of phenols is 1. The highest BCUT2D eigenvalue weighted by Gasteiger charge is 2.09. The van der Waals surface area contributed by atoms with Crippen LogP contribution in [0.25, 0.3) is 0 Å². The van der Waals surface area contributed by atoms with Crippen molar-refractivity contribution in [2.45, 2.75) is 0 Å². The molecule has 0 aliphatic rings. The fourth-order valence-corrected chi connectivity index (χ4v) is 2.52. The number of nitrogens with zero attached hydrogens (tertiary/aromatic N) is 1. The number of rotatable bonds is 3. The molecule has 5 heteroatoms. The summed E-state index contributed by atoms with van der Waals surface area (Å²) in [6.45, 7) is 0. The first-order chi connectivity index (χ1) is 8.99. The smallest absolute Gasteiger partial charge is 0.115 e. The zero-order chi connectivity index (χ0) is 14.0. The summed E-state index contributed by atoms with van der Waals surface area (Å²) in [5, 5.41) is 9.31. The summed E-state index contributed by atoms with van der Waals surface area (Å²) < 4.78 is 0.911. The zero-order valence-corrected chi connectivity index (χ0v) is 12.7. The Balaban J connectivity index is 2.36. The van der Waals surface area contributed by atoms with Gasteiger partial charge in [-0.3, -0.25) is 0 Å². The molecule has 0 heterocycles. The molecule has 0 bridgehead atoms. The van der Waals surface area contributed by atoms with Crippen molar-refractivity contribution in [1.82, 2.24) is 0 Å². The summed E-state index contributed by atoms with van der Waals surface area (Å²) in [7, 11) is 1.95. The third-order valence-electron chi connectivity index (χ3n) is 2.83. The molecule has 0 saturated carbocycles. The van der Waals surface area contributed by atoms with E-state index in [0.29, 0.717) is 4.99 Å². The third-order valence-corrected chi connectivity index (χ3v) is 3.70. The topological polar surface area (TPSA) is 49.5 Å². The molecule has 0 aliphatic heterocycles. The minimum atomic E-state index is 0.250. The van der Waals surface area contributed by atoms with Gasteiger partial charge in [-0.15, -0.1) is 0 Å². The molecule has 2 aromatic carbocycles. The van der Waals surface area contributed by atoms with Crippen LogP contribution in [0.4, 0.5) is 11.4 Å². The van der Waals surface area contributed by atoms with E-state index in [-0.39, 0.29) is 5.75 Å². The second kappa shape index (κ2) is 5.59. The van der Waals surface area contributed by atoms with E-state index in [4.69, 9.17) is 18.0 Å². The van der Waals surface area contributed by atoms with Crippen LogP contribution < -0.4 is 10.6 Å². The zero-order valence-electron chi connectivity index (χ0n) is 10.3. The van der Waals surface area contributed by atoms with E-state index in [0.717, 1.165) is 21.4 Å². The number of thiocarbonyl (C=S) groups is 1. The Morgan fingerprint density at radius 2 is 1.84 bits per heavy atom. The lowest BCUT2D eigenvalue weighted by atomic mass is 10.2. The first-order valence-electron chi connectivity index (χ1n) is 5.61. The Bertz CT molecular complexity index is 613. The lowest BCUT2D eigenvalue weighted by Crippen LogP contribution is -2.12. The Morgan fingerprint density at radius 1 is 1.21 bits per heavy atom. The van der Waals surface area contributed by atoms with Crippen molar-refractivity contribution in [1.29, 1.82) is 0 Å². The number of aromatic hydroxyl groups is 1. The molecule has 0 radical (unpaired) electrons. The Kier molecular flexibility index (Phi) is 4.07. The number of anilines is 2. The van der Waals surface area contributed by atoms with Gasteiger partial charge in [-0.25, -0.2) is 0 Å². The Morgan fingerprint density at radius 3 is 2.37 bits per heavy atom. The van der Waals surface area contributed by atoms with Crippen molar-refractivity contribution in [2.24, 2.45) is 5.73 Å². The summed E-state index contributed by atoms with van der Waals surface area (Å²) in [5.74, 6) is 0.250. The Hall–Kier alpha value is -1.59. The molecule has 0 unspecified atom stereocenters. The maximum Gasteiger partial charge on any atom is 0.115 e. The van der Waals surface area contributed by atoms with Gasteiger partial charge in [0, 0.05) is 22.8 Å². The monoisotopic (exact) mass is 336 g/mol. The van der Waals surface area contributed by atoms with Crippen LogP contribution in [-0.2, 0) is 0 Å². The second-order valence-electron chi connectivity index (χ2n) is 4.11. The molecule has 0 spiro atoms. The molecule has 0 aromatic heterocycles. The molecule has 19 heavy (non-hydrogen) atoms. The van der Waals surface area contributed by atoms with Gasteiger partial charge in [-0.2, -0.15) is 0 Å². The number of hydrogen-bond donors (Lipinski definition) is 2. The van der Waals surface area contributed by atoms with Crippen LogP contribution in [-0.4, -0.2) is 17.1 Å². The fraction of sp³-hybridized carbons (Fsp3) is 0.0714. The largest absolute Gasteiger partial charge is 0.508 e. The van der Waals surface area contributed by atoms with Gasteiger partial charge in [0.15, 0.2) is 0 Å². The molecule has 3 N–H and O–H groups in total. The highest BCUT2D eigenvalue weighted by Crippen LogP contribution is 2.32. The molecule has 0 amide bonds. The predicted octanol–water partition coefficient (Wildman–Crippen LogP) is 3.56. The molecule has 98 valence electrons. The van der Waals surface area contributed by atoms with E-state index in [1.165, 1.54) is 0 Å². The highest BCUT2D eigenvalue weighted by atomic mass is 79.9. The molecule has 2 rings (SSSR count). The van der Waals surface area contributed by atoms with Crippen molar-refractivity contribution >= 4 is 44.5 Å². The molecule has 0 aliphatic carbocycles. The Labute approximate surface area is 125 Å². The van der Waals surface area contributed by atoms with E-state index in [9.17, 15) is 5.11 Å². The predicted molar refractivity (Wildman–Crippen MR) is 86.2 cm³/mol. The summed E-state index contributed by atoms with van der Waals surface area (Å²) in [6.07, 6.45) is 0. The van der Waals surface area contributed by atoms with Crippen LogP contribution in [0.1, 0.15) is 5.56 Å². The normalized spacial score (nSPS) is 10.2. The van der Waals surface area contributed by atoms with E-state index >= 15 is 0 Å². The van der Waals surface area contributed by atoms with Gasteiger partial charge in [0.25, 0.3) is 0 Å². The van der Waals surface area contributed by atoms with Gasteiger partial charge in [0.05, 0.1) is 5.69 Å². The lowest BCUT2D eigenvalue weighted by Gasteiger charge is -2.21. The second-order valence-corrected chi connectivity index (χ2v) is 5.40. The molecular weight excluding hydrogens is 324 g/mol. The van der Waals surface area contributed by atoms with E-state index in [1.54, 1.807) is 12.1 Å². The molecule has 2 aromatic rings. The number of benzene rings is 2. The van der Waals surface area contributed by atoms with Crippen LogP contribution in [0.2, 0.25) is 0 Å². The summed E-state index contributed by atoms with van der Waals surface area (Å²) in [6, 6.07) is 12.7. The number of nitrogens with two attached hydrogens (primary N) is 1. The number of hydrogen-bond acceptors (Lipinski definition) is 3. The van der Waals surface area contributed by atoms with E-state index in [1.807, 2.05) is 42.3 Å². The van der Waals surface area contributed by atoms with Gasteiger partial charge in [0.2, 0.25) is 0 Å². The quantitative estimate of drug-likeness (QED) is 0.841. The average Bonchev–Trinajstić information content (AvgIpc) is 2.38. The van der Waals surface area contributed by atoms with Crippen molar-refractivity contribution < 1.29 is 5.11 Å². The van der Waals surface area contributed by atoms with Crippen LogP contribution in [0.5, 0.6) is 5.75 Å². The van der Waals surface area contributed by atoms with Gasteiger partial charge >= 0.3 is 0 Å². The van der Waals surface area contributed by atoms with Gasteiger partial charge in [-0.05, 0) is 58.4 Å². The number of halogens is 1. The fourth-order valence-electron chi connectivity index (χ4n) is 1.75. The summed E-state index contributed by atoms with van der Waals surface area (Å²) in [5.41, 5.74) is 8.39. The van der Waals surface area contributed by atoms with Crippen molar-refractivity contribution in [3.63, 3.8) is 0 Å². The van der Waals surface area contributed by atoms with E-state index in [2.05, 4.69) is 15.9 Å². The highest BCUT2D eigenvalue weighted by molar-refractivity contribution is 9.10. The molecule has 0 fully saturated rings. The van der Waals surface area contributed by atoms with Crippen molar-refractivity contribution in [3.05, 3.63) is 52.5 Å². The first kappa shape index (κ1) is 13.8. The van der Waals surface area contributed by atoms with Crippen LogP contribution in [0.15, 0.2) is 46.9 Å². The molecule has 0 saturated heterocycles. The maximum atomic E-state index is 9.31. The van der Waals surface area contributed by atoms with Gasteiger partial charge in [0.1, 0.15) is 10.7 Å². The SMILES string of the molecule is CN(c1ccc(O)cc1)c1ccc(C(N)=S)cc1Br. The molecule has 3 nitrogen and oxygen atoms in total. The van der Waals surface area contributed by atoms with Crippen LogP contribution in [0.3, 0.4) is 0 Å². The minimum Gasteiger partial charge on any atom is -0.508 e. The maximum absolute atomic E-state index is 9.31. The van der Waals surface area contributed by atoms with Crippen LogP contribution >= 0.6 is 28.1 Å².